The molecule has 0 bridgehead atoms. The summed E-state index contributed by atoms with van der Waals surface area (Å²) in [4.78, 5) is 11.4. The molecule has 0 saturated carbocycles. The molecule has 6 nitrogen and oxygen atoms in total. The Hall–Kier alpha value is -0.860. The number of carbonyl (C=O) groups excluding carboxylic acids is 1. The van der Waals surface area contributed by atoms with Crippen LogP contribution in [0.3, 0.4) is 0 Å². The van der Waals surface area contributed by atoms with Crippen LogP contribution in [0.1, 0.15) is 19.8 Å². The van der Waals surface area contributed by atoms with Crippen molar-refractivity contribution in [3.8, 4) is 0 Å². The van der Waals surface area contributed by atoms with E-state index in [2.05, 4.69) is 27.8 Å². The van der Waals surface area contributed by atoms with Gasteiger partial charge in [0.05, 0.1) is 6.61 Å². The fourth-order valence-electron chi connectivity index (χ4n) is 1.03. The Kier molecular flexibility index (Phi) is 7.70. The highest BCUT2D eigenvalue weighted by atomic mass is 32.2. The molecule has 1 heterocycles. The van der Waals surface area contributed by atoms with Crippen molar-refractivity contribution in [2.45, 2.75) is 24.1 Å². The van der Waals surface area contributed by atoms with E-state index in [1.54, 1.807) is 18.9 Å². The molecule has 102 valence electrons. The van der Waals surface area contributed by atoms with Gasteiger partial charge in [-0.05, 0) is 6.42 Å². The summed E-state index contributed by atoms with van der Waals surface area (Å²) in [6.45, 7) is 3.11. The van der Waals surface area contributed by atoms with Crippen LogP contribution < -0.4 is 10.6 Å². The van der Waals surface area contributed by atoms with Gasteiger partial charge in [0.15, 0.2) is 4.34 Å². The van der Waals surface area contributed by atoms with Crippen molar-refractivity contribution in [1.82, 2.24) is 15.5 Å². The van der Waals surface area contributed by atoms with Crippen molar-refractivity contribution in [3.05, 3.63) is 0 Å². The predicted octanol–water partition coefficient (Wildman–Crippen LogP) is 2.20. The Labute approximate surface area is 115 Å². The molecule has 1 rings (SSSR count). The van der Waals surface area contributed by atoms with Crippen LogP contribution in [0.2, 0.25) is 0 Å². The number of methoxy groups -OCH3 is 1. The van der Waals surface area contributed by atoms with E-state index in [9.17, 15) is 4.79 Å². The van der Waals surface area contributed by atoms with Crippen LogP contribution in [-0.4, -0.2) is 42.2 Å². The number of hydrogen-bond acceptors (Lipinski definition) is 6. The maximum atomic E-state index is 11.4. The number of anilines is 1. The second-order valence-corrected chi connectivity index (χ2v) is 5.77. The zero-order valence-corrected chi connectivity index (χ0v) is 12.2. The predicted molar refractivity (Wildman–Crippen MR) is 74.4 cm³/mol. The van der Waals surface area contributed by atoms with Gasteiger partial charge in [-0.1, -0.05) is 36.4 Å². The lowest BCUT2D eigenvalue weighted by molar-refractivity contribution is 0.198. The van der Waals surface area contributed by atoms with Gasteiger partial charge in [0.25, 0.3) is 0 Å². The van der Waals surface area contributed by atoms with Crippen LogP contribution in [0.25, 0.3) is 0 Å². The monoisotopic (exact) mass is 290 g/mol. The van der Waals surface area contributed by atoms with E-state index in [1.807, 2.05) is 0 Å². The topological polar surface area (TPSA) is 76.1 Å². The normalized spacial score (nSPS) is 10.3. The Balaban J connectivity index is 2.27. The highest BCUT2D eigenvalue weighted by molar-refractivity contribution is 8.01. The molecular weight excluding hydrogens is 272 g/mol. The molecule has 0 aliphatic rings. The summed E-state index contributed by atoms with van der Waals surface area (Å²) >= 11 is 3.06. The van der Waals surface area contributed by atoms with Gasteiger partial charge in [-0.3, -0.25) is 5.32 Å². The average Bonchev–Trinajstić information content (AvgIpc) is 2.77. The lowest BCUT2D eigenvalue weighted by Crippen LogP contribution is -2.31. The molecule has 0 aliphatic carbocycles. The number of nitrogens with zero attached hydrogens (tertiary/aromatic N) is 2. The molecule has 0 spiro atoms. The van der Waals surface area contributed by atoms with Crippen molar-refractivity contribution in [3.63, 3.8) is 0 Å². The minimum absolute atomic E-state index is 0.284. The van der Waals surface area contributed by atoms with E-state index in [1.165, 1.54) is 17.8 Å². The summed E-state index contributed by atoms with van der Waals surface area (Å²) < 4.78 is 5.72. The zero-order chi connectivity index (χ0) is 13.2. The fraction of sp³-hybridized carbons (Fsp3) is 0.700. The van der Waals surface area contributed by atoms with Crippen LogP contribution in [0.4, 0.5) is 9.93 Å². The third-order valence-electron chi connectivity index (χ3n) is 1.94. The van der Waals surface area contributed by atoms with E-state index >= 15 is 0 Å². The van der Waals surface area contributed by atoms with Crippen molar-refractivity contribution < 1.29 is 9.53 Å². The molecular formula is C10H18N4O2S2. The van der Waals surface area contributed by atoms with Crippen molar-refractivity contribution in [1.29, 1.82) is 0 Å². The van der Waals surface area contributed by atoms with Gasteiger partial charge in [-0.25, -0.2) is 4.79 Å². The fourth-order valence-corrected chi connectivity index (χ4v) is 2.93. The SMILES string of the molecule is CCCCSc1nnc(NC(=O)NCCOC)s1. The van der Waals surface area contributed by atoms with Gasteiger partial charge >= 0.3 is 6.03 Å². The van der Waals surface area contributed by atoms with Crippen LogP contribution in [0, 0.1) is 0 Å². The Bertz CT molecular complexity index is 359. The summed E-state index contributed by atoms with van der Waals surface area (Å²) in [5.74, 6) is 1.03. The van der Waals surface area contributed by atoms with Gasteiger partial charge < -0.3 is 10.1 Å². The lowest BCUT2D eigenvalue weighted by Gasteiger charge is -2.03. The minimum Gasteiger partial charge on any atom is -0.383 e. The zero-order valence-electron chi connectivity index (χ0n) is 10.6. The third-order valence-corrected chi connectivity index (χ3v) is 4.00. The van der Waals surface area contributed by atoms with Gasteiger partial charge in [0.2, 0.25) is 5.13 Å². The third kappa shape index (κ3) is 6.18. The molecule has 8 heteroatoms. The summed E-state index contributed by atoms with van der Waals surface area (Å²) in [7, 11) is 1.59. The molecule has 0 aromatic carbocycles. The Morgan fingerprint density at radius 3 is 3.06 bits per heavy atom. The number of nitrogens with one attached hydrogen (secondary N) is 2. The molecule has 1 aromatic rings. The molecule has 2 N–H and O–H groups in total. The standard InChI is InChI=1S/C10H18N4O2S2/c1-3-4-7-17-10-14-13-9(18-10)12-8(15)11-5-6-16-2/h3-7H2,1-2H3,(H2,11,12,13,15). The van der Waals surface area contributed by atoms with E-state index in [0.717, 1.165) is 16.5 Å². The van der Waals surface area contributed by atoms with Gasteiger partial charge in [0.1, 0.15) is 0 Å². The molecule has 18 heavy (non-hydrogen) atoms. The summed E-state index contributed by atoms with van der Waals surface area (Å²) in [5, 5.41) is 13.7. The first-order valence-electron chi connectivity index (χ1n) is 5.76. The van der Waals surface area contributed by atoms with Crippen molar-refractivity contribution >= 4 is 34.3 Å². The first-order valence-corrected chi connectivity index (χ1v) is 7.56. The van der Waals surface area contributed by atoms with Gasteiger partial charge in [0, 0.05) is 19.4 Å². The molecule has 0 aliphatic heterocycles. The van der Waals surface area contributed by atoms with Crippen molar-refractivity contribution in [2.24, 2.45) is 0 Å². The molecule has 1 aromatic heterocycles. The highest BCUT2D eigenvalue weighted by Gasteiger charge is 2.07. The number of aromatic nitrogens is 2. The quantitative estimate of drug-likeness (QED) is 0.436. The largest absolute Gasteiger partial charge is 0.383 e. The Morgan fingerprint density at radius 1 is 1.50 bits per heavy atom. The number of thioether (sulfide) groups is 1. The van der Waals surface area contributed by atoms with Gasteiger partial charge in [-0.2, -0.15) is 0 Å². The summed E-state index contributed by atoms with van der Waals surface area (Å²) in [6, 6.07) is -0.284. The summed E-state index contributed by atoms with van der Waals surface area (Å²) in [6.07, 6.45) is 2.32. The number of amides is 2. The molecule has 0 fully saturated rings. The number of rotatable bonds is 8. The molecule has 0 unspecified atom stereocenters. The van der Waals surface area contributed by atoms with E-state index in [4.69, 9.17) is 4.74 Å². The van der Waals surface area contributed by atoms with E-state index < -0.39 is 0 Å². The minimum atomic E-state index is -0.284. The van der Waals surface area contributed by atoms with Crippen LogP contribution in [0.5, 0.6) is 0 Å². The van der Waals surface area contributed by atoms with Crippen molar-refractivity contribution in [2.75, 3.05) is 31.3 Å². The maximum absolute atomic E-state index is 11.4. The first-order chi connectivity index (χ1) is 8.76. The number of urea groups is 1. The number of carbonyl (C=O) groups is 1. The number of hydrogen-bond donors (Lipinski definition) is 2. The second kappa shape index (κ2) is 9.12. The second-order valence-electron chi connectivity index (χ2n) is 3.45. The molecule has 0 atom stereocenters. The Morgan fingerprint density at radius 2 is 2.33 bits per heavy atom. The van der Waals surface area contributed by atoms with Crippen LogP contribution in [-0.2, 0) is 4.74 Å². The van der Waals surface area contributed by atoms with Crippen LogP contribution in [0.15, 0.2) is 4.34 Å². The first kappa shape index (κ1) is 15.2. The molecule has 0 radical (unpaired) electrons. The number of ether oxygens (including phenoxy) is 1. The smallest absolute Gasteiger partial charge is 0.321 e. The maximum Gasteiger partial charge on any atom is 0.321 e. The average molecular weight is 290 g/mol. The highest BCUT2D eigenvalue weighted by Crippen LogP contribution is 2.25. The van der Waals surface area contributed by atoms with Crippen LogP contribution >= 0.6 is 23.1 Å². The number of unbranched alkanes of at least 4 members (excludes halogenated alkanes) is 1. The van der Waals surface area contributed by atoms with E-state index in [-0.39, 0.29) is 6.03 Å². The molecule has 2 amide bonds. The van der Waals surface area contributed by atoms with E-state index in [0.29, 0.717) is 18.3 Å². The van der Waals surface area contributed by atoms with Gasteiger partial charge in [-0.15, -0.1) is 10.2 Å². The molecule has 0 saturated heterocycles. The summed E-state index contributed by atoms with van der Waals surface area (Å²) in [5.41, 5.74) is 0. The lowest BCUT2D eigenvalue weighted by atomic mass is 10.4.